The maximum atomic E-state index is 11.3. The van der Waals surface area contributed by atoms with Gasteiger partial charge in [-0.1, -0.05) is 0 Å². The van der Waals surface area contributed by atoms with Crippen LogP contribution in [-0.2, 0) is 4.79 Å². The second kappa shape index (κ2) is 6.95. The fourth-order valence-corrected chi connectivity index (χ4v) is 1.02. The first-order chi connectivity index (χ1) is 5.76. The Bertz CT molecular complexity index is 183. The molecule has 0 saturated carbocycles. The van der Waals surface area contributed by atoms with Crippen LogP contribution in [0.5, 0.6) is 0 Å². The zero-order valence-corrected chi connectivity index (χ0v) is 8.36. The van der Waals surface area contributed by atoms with Gasteiger partial charge in [-0.05, 0) is 26.1 Å². The lowest BCUT2D eigenvalue weighted by atomic mass is 10.3. The van der Waals surface area contributed by atoms with Gasteiger partial charge in [0.15, 0.2) is 0 Å². The van der Waals surface area contributed by atoms with Crippen molar-refractivity contribution in [2.45, 2.75) is 20.3 Å². The molecule has 0 aliphatic rings. The van der Waals surface area contributed by atoms with Crippen LogP contribution in [0.15, 0.2) is 4.99 Å². The van der Waals surface area contributed by atoms with Crippen molar-refractivity contribution in [2.24, 2.45) is 4.99 Å². The molecule has 0 aromatic rings. The summed E-state index contributed by atoms with van der Waals surface area (Å²) in [5.74, 6) is 0.133. The molecule has 0 saturated heterocycles. The zero-order valence-electron chi connectivity index (χ0n) is 7.54. The van der Waals surface area contributed by atoms with Crippen LogP contribution in [0.1, 0.15) is 20.3 Å². The molecule has 0 fully saturated rings. The number of aliphatic imine (C=N–C) groups is 1. The molecule has 4 heteroatoms. The van der Waals surface area contributed by atoms with E-state index in [0.717, 1.165) is 13.1 Å². The summed E-state index contributed by atoms with van der Waals surface area (Å²) in [4.78, 5) is 16.7. The van der Waals surface area contributed by atoms with E-state index >= 15 is 0 Å². The third-order valence-corrected chi connectivity index (χ3v) is 1.75. The molecule has 0 aliphatic heterocycles. The number of carbonyl (C=O) groups is 1. The van der Waals surface area contributed by atoms with Crippen molar-refractivity contribution < 1.29 is 4.79 Å². The number of thiocarbonyl (C=S) groups is 1. The minimum absolute atomic E-state index is 0.133. The lowest BCUT2D eigenvalue weighted by Crippen LogP contribution is -2.30. The number of rotatable bonds is 5. The Morgan fingerprint density at radius 3 is 2.50 bits per heavy atom. The fourth-order valence-electron chi connectivity index (χ4n) is 0.932. The van der Waals surface area contributed by atoms with Gasteiger partial charge in [-0.15, -0.1) is 0 Å². The van der Waals surface area contributed by atoms with E-state index in [0.29, 0.717) is 13.0 Å². The molecule has 12 heavy (non-hydrogen) atoms. The van der Waals surface area contributed by atoms with E-state index in [1.165, 1.54) is 0 Å². The predicted molar refractivity (Wildman–Crippen MR) is 52.4 cm³/mol. The Labute approximate surface area is 78.5 Å². The molecule has 0 spiro atoms. The van der Waals surface area contributed by atoms with Crippen molar-refractivity contribution in [3.63, 3.8) is 0 Å². The first-order valence-corrected chi connectivity index (χ1v) is 4.48. The summed E-state index contributed by atoms with van der Waals surface area (Å²) in [5.41, 5.74) is 0. The van der Waals surface area contributed by atoms with Gasteiger partial charge < -0.3 is 4.90 Å². The van der Waals surface area contributed by atoms with Crippen molar-refractivity contribution in [1.29, 1.82) is 0 Å². The van der Waals surface area contributed by atoms with Gasteiger partial charge in [-0.25, -0.2) is 4.99 Å². The molecule has 0 unspecified atom stereocenters. The number of hydrogen-bond donors (Lipinski definition) is 0. The summed E-state index contributed by atoms with van der Waals surface area (Å²) in [6.07, 6.45) is 0.436. The quantitative estimate of drug-likeness (QED) is 0.479. The second-order valence-electron chi connectivity index (χ2n) is 2.29. The molecular formula is C8H14N2OS. The number of isothiocyanates is 1. The summed E-state index contributed by atoms with van der Waals surface area (Å²) in [7, 11) is 0. The summed E-state index contributed by atoms with van der Waals surface area (Å²) in [5, 5.41) is 2.24. The normalized spacial score (nSPS) is 8.83. The third-order valence-electron chi connectivity index (χ3n) is 1.62. The highest BCUT2D eigenvalue weighted by Crippen LogP contribution is 1.93. The van der Waals surface area contributed by atoms with Crippen LogP contribution in [0.25, 0.3) is 0 Å². The van der Waals surface area contributed by atoms with Gasteiger partial charge in [0.1, 0.15) is 0 Å². The summed E-state index contributed by atoms with van der Waals surface area (Å²) >= 11 is 4.38. The lowest BCUT2D eigenvalue weighted by molar-refractivity contribution is -0.130. The molecule has 0 radical (unpaired) electrons. The van der Waals surface area contributed by atoms with Crippen LogP contribution in [0.3, 0.4) is 0 Å². The molecule has 3 nitrogen and oxygen atoms in total. The minimum atomic E-state index is 0.133. The molecule has 0 aliphatic carbocycles. The van der Waals surface area contributed by atoms with Crippen LogP contribution in [0.4, 0.5) is 0 Å². The van der Waals surface area contributed by atoms with E-state index in [1.54, 1.807) is 4.90 Å². The van der Waals surface area contributed by atoms with E-state index in [2.05, 4.69) is 22.4 Å². The number of amides is 1. The standard InChI is InChI=1S/C8H14N2OS/c1-3-10(4-2)8(11)5-6-9-7-12/h3-6H2,1-2H3. The maximum Gasteiger partial charge on any atom is 0.224 e. The van der Waals surface area contributed by atoms with Gasteiger partial charge >= 0.3 is 0 Å². The summed E-state index contributed by atoms with van der Waals surface area (Å²) < 4.78 is 0. The fraction of sp³-hybridized carbons (Fsp3) is 0.750. The lowest BCUT2D eigenvalue weighted by Gasteiger charge is -2.17. The zero-order chi connectivity index (χ0) is 9.40. The van der Waals surface area contributed by atoms with Gasteiger partial charge in [0.2, 0.25) is 5.91 Å². The van der Waals surface area contributed by atoms with E-state index in [1.807, 2.05) is 13.8 Å². The van der Waals surface area contributed by atoms with Crippen LogP contribution < -0.4 is 0 Å². The third kappa shape index (κ3) is 4.21. The molecule has 0 N–H and O–H groups in total. The second-order valence-corrected chi connectivity index (χ2v) is 2.47. The van der Waals surface area contributed by atoms with E-state index < -0.39 is 0 Å². The molecule has 68 valence electrons. The van der Waals surface area contributed by atoms with Gasteiger partial charge in [0, 0.05) is 19.5 Å². The van der Waals surface area contributed by atoms with Crippen LogP contribution in [0, 0.1) is 0 Å². The molecular weight excluding hydrogens is 172 g/mol. The van der Waals surface area contributed by atoms with Gasteiger partial charge in [-0.2, -0.15) is 0 Å². The van der Waals surface area contributed by atoms with Crippen molar-refractivity contribution in [3.8, 4) is 0 Å². The first-order valence-electron chi connectivity index (χ1n) is 4.07. The predicted octanol–water partition coefficient (Wildman–Crippen LogP) is 1.35. The molecule has 0 bridgehead atoms. The number of nitrogens with zero attached hydrogens (tertiary/aromatic N) is 2. The highest BCUT2D eigenvalue weighted by Gasteiger charge is 2.07. The molecule has 0 aromatic carbocycles. The Morgan fingerprint density at radius 1 is 1.50 bits per heavy atom. The largest absolute Gasteiger partial charge is 0.343 e. The molecule has 0 rings (SSSR count). The Hall–Kier alpha value is -0.730. The SMILES string of the molecule is CCN(CC)C(=O)CCN=C=S. The van der Waals surface area contributed by atoms with Gasteiger partial charge in [0.05, 0.1) is 11.7 Å². The number of hydrogen-bond acceptors (Lipinski definition) is 3. The van der Waals surface area contributed by atoms with E-state index in [-0.39, 0.29) is 5.91 Å². The van der Waals surface area contributed by atoms with Crippen molar-refractivity contribution in [2.75, 3.05) is 19.6 Å². The van der Waals surface area contributed by atoms with E-state index in [4.69, 9.17) is 0 Å². The average molecular weight is 186 g/mol. The maximum absolute atomic E-state index is 11.3. The van der Waals surface area contributed by atoms with Gasteiger partial charge in [-0.3, -0.25) is 4.79 Å². The molecule has 0 heterocycles. The summed E-state index contributed by atoms with van der Waals surface area (Å²) in [6, 6.07) is 0. The minimum Gasteiger partial charge on any atom is -0.343 e. The Balaban J connectivity index is 3.76. The molecule has 1 amide bonds. The monoisotopic (exact) mass is 186 g/mol. The highest BCUT2D eigenvalue weighted by molar-refractivity contribution is 7.78. The highest BCUT2D eigenvalue weighted by atomic mass is 32.1. The topological polar surface area (TPSA) is 32.7 Å². The Kier molecular flexibility index (Phi) is 6.53. The van der Waals surface area contributed by atoms with Crippen LogP contribution in [0.2, 0.25) is 0 Å². The van der Waals surface area contributed by atoms with E-state index in [9.17, 15) is 4.79 Å². The molecule has 0 aromatic heterocycles. The van der Waals surface area contributed by atoms with Crippen LogP contribution in [-0.4, -0.2) is 35.6 Å². The average Bonchev–Trinajstić information content (AvgIpc) is 2.07. The van der Waals surface area contributed by atoms with Crippen molar-refractivity contribution in [3.05, 3.63) is 0 Å². The smallest absolute Gasteiger partial charge is 0.224 e. The van der Waals surface area contributed by atoms with Crippen molar-refractivity contribution in [1.82, 2.24) is 4.90 Å². The Morgan fingerprint density at radius 2 is 2.08 bits per heavy atom. The molecule has 0 atom stereocenters. The van der Waals surface area contributed by atoms with Gasteiger partial charge in [0.25, 0.3) is 0 Å². The van der Waals surface area contributed by atoms with Crippen LogP contribution >= 0.6 is 12.2 Å². The summed E-state index contributed by atoms with van der Waals surface area (Å²) in [6.45, 7) is 5.90. The number of carbonyl (C=O) groups excluding carboxylic acids is 1. The van der Waals surface area contributed by atoms with Crippen molar-refractivity contribution >= 4 is 23.3 Å². The first kappa shape index (κ1) is 11.3.